The minimum atomic E-state index is -0.792. The minimum absolute atomic E-state index is 0.175. The summed E-state index contributed by atoms with van der Waals surface area (Å²) < 4.78 is 0. The molecule has 2 unspecified atom stereocenters. The second-order valence-electron chi connectivity index (χ2n) is 5.88. The highest BCUT2D eigenvalue weighted by molar-refractivity contribution is 6.23. The fourth-order valence-electron chi connectivity index (χ4n) is 3.72. The standard InChI is InChI=1S/C18H14N2O3/c1-9(21)13-12-7-2-3-8-20(12)16-15(13)18(23)14-10(17(16)22)5-4-6-11(14)19/h2-8,15-16H,19H2,1H3. The number of hydrogen-bond acceptors (Lipinski definition) is 5. The molecule has 0 amide bonds. The third-order valence-electron chi connectivity index (χ3n) is 4.63. The molecule has 0 saturated carbocycles. The van der Waals surface area contributed by atoms with Crippen molar-refractivity contribution in [1.29, 1.82) is 0 Å². The number of nitrogen functional groups attached to an aromatic ring is 1. The molecule has 2 heterocycles. The molecule has 3 aliphatic rings. The fourth-order valence-corrected chi connectivity index (χ4v) is 3.72. The maximum absolute atomic E-state index is 13.0. The Hall–Kier alpha value is -2.95. The van der Waals surface area contributed by atoms with E-state index in [-0.39, 0.29) is 28.6 Å². The molecule has 5 nitrogen and oxygen atoms in total. The molecule has 114 valence electrons. The second-order valence-corrected chi connectivity index (χ2v) is 5.88. The third-order valence-corrected chi connectivity index (χ3v) is 4.63. The highest BCUT2D eigenvalue weighted by atomic mass is 16.1. The summed E-state index contributed by atoms with van der Waals surface area (Å²) in [5, 5.41) is 0. The summed E-state index contributed by atoms with van der Waals surface area (Å²) in [6.45, 7) is 1.43. The Morgan fingerprint density at radius 1 is 1.17 bits per heavy atom. The van der Waals surface area contributed by atoms with Crippen molar-refractivity contribution in [2.45, 2.75) is 13.0 Å². The minimum Gasteiger partial charge on any atom is -0.398 e. The Kier molecular flexibility index (Phi) is 2.69. The van der Waals surface area contributed by atoms with E-state index in [1.807, 2.05) is 0 Å². The number of Topliss-reactive ketones (excluding diaryl/α,β-unsaturated/α-hetero) is 3. The van der Waals surface area contributed by atoms with Crippen LogP contribution < -0.4 is 5.73 Å². The van der Waals surface area contributed by atoms with Gasteiger partial charge in [0.1, 0.15) is 6.04 Å². The maximum Gasteiger partial charge on any atom is 0.187 e. The number of ketones is 3. The molecule has 4 rings (SSSR count). The van der Waals surface area contributed by atoms with Crippen molar-refractivity contribution in [3.05, 3.63) is 65.0 Å². The van der Waals surface area contributed by atoms with E-state index in [1.165, 1.54) is 6.92 Å². The monoisotopic (exact) mass is 306 g/mol. The molecule has 23 heavy (non-hydrogen) atoms. The number of hydrogen-bond donors (Lipinski definition) is 1. The first-order valence-corrected chi connectivity index (χ1v) is 7.37. The summed E-state index contributed by atoms with van der Waals surface area (Å²) in [7, 11) is 0. The summed E-state index contributed by atoms with van der Waals surface area (Å²) in [5.74, 6) is -1.42. The number of carbonyl (C=O) groups is 3. The van der Waals surface area contributed by atoms with Crippen LogP contribution in [-0.4, -0.2) is 28.3 Å². The SMILES string of the molecule is CC(=O)C1=C2C=CC=CN2C2C(=O)c3cccc(N)c3C(=O)C12. The number of allylic oxidation sites excluding steroid dienone is 3. The summed E-state index contributed by atoms with van der Waals surface area (Å²) in [6, 6.07) is 4.19. The van der Waals surface area contributed by atoms with Crippen LogP contribution in [0.15, 0.2) is 53.9 Å². The van der Waals surface area contributed by atoms with Gasteiger partial charge in [0.15, 0.2) is 17.3 Å². The average Bonchev–Trinajstić information content (AvgIpc) is 2.88. The first kappa shape index (κ1) is 13.7. The molecule has 5 heteroatoms. The number of rotatable bonds is 1. The van der Waals surface area contributed by atoms with Crippen molar-refractivity contribution in [1.82, 2.24) is 4.90 Å². The van der Waals surface area contributed by atoms with Gasteiger partial charge in [-0.2, -0.15) is 0 Å². The van der Waals surface area contributed by atoms with Gasteiger partial charge in [-0.25, -0.2) is 0 Å². The van der Waals surface area contributed by atoms with Crippen LogP contribution in [0.5, 0.6) is 0 Å². The molecule has 0 aromatic heterocycles. The molecule has 0 fully saturated rings. The zero-order chi connectivity index (χ0) is 16.3. The molecule has 0 radical (unpaired) electrons. The quantitative estimate of drug-likeness (QED) is 0.801. The van der Waals surface area contributed by atoms with Gasteiger partial charge in [-0.15, -0.1) is 0 Å². The Morgan fingerprint density at radius 2 is 1.96 bits per heavy atom. The van der Waals surface area contributed by atoms with Crippen molar-refractivity contribution in [3.63, 3.8) is 0 Å². The summed E-state index contributed by atoms with van der Waals surface area (Å²) in [4.78, 5) is 39.9. The van der Waals surface area contributed by atoms with E-state index in [2.05, 4.69) is 0 Å². The van der Waals surface area contributed by atoms with Gasteiger partial charge in [0.05, 0.1) is 11.5 Å². The molecule has 0 spiro atoms. The summed E-state index contributed by atoms with van der Waals surface area (Å²) >= 11 is 0. The van der Waals surface area contributed by atoms with Gasteiger partial charge in [-0.05, 0) is 25.1 Å². The third kappa shape index (κ3) is 1.64. The van der Waals surface area contributed by atoms with Gasteiger partial charge < -0.3 is 10.6 Å². The van der Waals surface area contributed by atoms with E-state index in [4.69, 9.17) is 5.73 Å². The number of nitrogens with two attached hydrogens (primary N) is 1. The van der Waals surface area contributed by atoms with E-state index in [0.717, 1.165) is 0 Å². The second kappa shape index (κ2) is 4.52. The largest absolute Gasteiger partial charge is 0.398 e. The normalized spacial score (nSPS) is 24.7. The first-order valence-electron chi connectivity index (χ1n) is 7.37. The van der Waals surface area contributed by atoms with Crippen molar-refractivity contribution in [2.24, 2.45) is 5.92 Å². The fraction of sp³-hybridized carbons (Fsp3) is 0.167. The van der Waals surface area contributed by atoms with E-state index in [9.17, 15) is 14.4 Å². The summed E-state index contributed by atoms with van der Waals surface area (Å²) in [5.41, 5.74) is 7.81. The number of anilines is 1. The molecular weight excluding hydrogens is 292 g/mol. The molecule has 1 aromatic rings. The van der Waals surface area contributed by atoms with E-state index in [0.29, 0.717) is 16.8 Å². The van der Waals surface area contributed by atoms with Gasteiger partial charge >= 0.3 is 0 Å². The lowest BCUT2D eigenvalue weighted by atomic mass is 9.75. The molecule has 1 aromatic carbocycles. The van der Waals surface area contributed by atoms with Crippen LogP contribution in [0.25, 0.3) is 0 Å². The predicted octanol–water partition coefficient (Wildman–Crippen LogP) is 1.87. The Morgan fingerprint density at radius 3 is 2.70 bits per heavy atom. The van der Waals surface area contributed by atoms with Gasteiger partial charge in [0.25, 0.3) is 0 Å². The van der Waals surface area contributed by atoms with Crippen LogP contribution in [0.4, 0.5) is 5.69 Å². The molecule has 2 aliphatic heterocycles. The lowest BCUT2D eigenvalue weighted by Gasteiger charge is -2.32. The van der Waals surface area contributed by atoms with Gasteiger partial charge in [-0.3, -0.25) is 14.4 Å². The van der Waals surface area contributed by atoms with Crippen molar-refractivity contribution in [2.75, 3.05) is 5.73 Å². The summed E-state index contributed by atoms with van der Waals surface area (Å²) in [6.07, 6.45) is 7.09. The topological polar surface area (TPSA) is 80.5 Å². The van der Waals surface area contributed by atoms with Crippen molar-refractivity contribution < 1.29 is 14.4 Å². The molecule has 2 N–H and O–H groups in total. The highest BCUT2D eigenvalue weighted by Crippen LogP contribution is 2.44. The zero-order valence-corrected chi connectivity index (χ0v) is 12.4. The van der Waals surface area contributed by atoms with Crippen LogP contribution in [0, 0.1) is 5.92 Å². The van der Waals surface area contributed by atoms with Gasteiger partial charge in [0, 0.05) is 28.7 Å². The lowest BCUT2D eigenvalue weighted by molar-refractivity contribution is -0.114. The molecular formula is C18H14N2O3. The van der Waals surface area contributed by atoms with Crippen LogP contribution in [0.2, 0.25) is 0 Å². The number of nitrogens with zero attached hydrogens (tertiary/aromatic N) is 1. The molecule has 0 bridgehead atoms. The van der Waals surface area contributed by atoms with Crippen LogP contribution in [0.1, 0.15) is 27.6 Å². The average molecular weight is 306 g/mol. The Labute approximate surface area is 132 Å². The van der Waals surface area contributed by atoms with E-state index in [1.54, 1.807) is 47.5 Å². The zero-order valence-electron chi connectivity index (χ0n) is 12.4. The van der Waals surface area contributed by atoms with Gasteiger partial charge in [-0.1, -0.05) is 18.2 Å². The van der Waals surface area contributed by atoms with E-state index < -0.39 is 12.0 Å². The lowest BCUT2D eigenvalue weighted by Crippen LogP contribution is -2.46. The van der Waals surface area contributed by atoms with Crippen LogP contribution in [0.3, 0.4) is 0 Å². The van der Waals surface area contributed by atoms with Crippen molar-refractivity contribution in [3.8, 4) is 0 Å². The predicted molar refractivity (Wildman–Crippen MR) is 84.6 cm³/mol. The molecule has 1 aliphatic carbocycles. The van der Waals surface area contributed by atoms with Crippen molar-refractivity contribution >= 4 is 23.0 Å². The molecule has 2 atom stereocenters. The number of fused-ring (bicyclic) bond motifs is 4. The highest BCUT2D eigenvalue weighted by Gasteiger charge is 2.53. The van der Waals surface area contributed by atoms with Gasteiger partial charge in [0.2, 0.25) is 0 Å². The number of benzene rings is 1. The maximum atomic E-state index is 13.0. The first-order chi connectivity index (χ1) is 11.0. The van der Waals surface area contributed by atoms with Crippen LogP contribution >= 0.6 is 0 Å². The smallest absolute Gasteiger partial charge is 0.187 e. The molecule has 0 saturated heterocycles. The van der Waals surface area contributed by atoms with E-state index >= 15 is 0 Å². The Balaban J connectivity index is 1.99. The van der Waals surface area contributed by atoms with Crippen LogP contribution in [-0.2, 0) is 4.79 Å². The number of carbonyl (C=O) groups excluding carboxylic acids is 3. The Bertz CT molecular complexity index is 876.